The highest BCUT2D eigenvalue weighted by molar-refractivity contribution is 6.32. The zero-order valence-corrected chi connectivity index (χ0v) is 19.3. The minimum atomic E-state index is 0.0996. The highest BCUT2D eigenvalue weighted by atomic mass is 35.5. The Morgan fingerprint density at radius 3 is 2.69 bits per heavy atom. The van der Waals surface area contributed by atoms with Crippen molar-refractivity contribution < 1.29 is 5.11 Å². The zero-order valence-electron chi connectivity index (χ0n) is 18.6. The molecule has 2 unspecified atom stereocenters. The Kier molecular flexibility index (Phi) is 7.25. The standard InChI is InChI=1S/C25H30ClN5O/c1-17-14-31(15-18(2)29-17)16-20-4-3-5-21(12-20)23-9-11-28-25(30-23)27-10-8-19-6-7-24(32)22(26)13-19/h3-7,9,11-13,17-18,29,32H,8,10,14-16H2,1-2H3,(H,27,28,30). The van der Waals surface area contributed by atoms with Gasteiger partial charge in [-0.1, -0.05) is 35.9 Å². The Balaban J connectivity index is 1.39. The predicted molar refractivity (Wildman–Crippen MR) is 130 cm³/mol. The molecule has 168 valence electrons. The second kappa shape index (κ2) is 10.3. The van der Waals surface area contributed by atoms with Gasteiger partial charge in [0.05, 0.1) is 10.7 Å². The van der Waals surface area contributed by atoms with Crippen LogP contribution >= 0.6 is 11.6 Å². The van der Waals surface area contributed by atoms with Crippen molar-refractivity contribution in [2.24, 2.45) is 0 Å². The minimum absolute atomic E-state index is 0.0996. The Labute approximate surface area is 194 Å². The van der Waals surface area contributed by atoms with Crippen LogP contribution in [0.15, 0.2) is 54.7 Å². The molecule has 3 aromatic rings. The van der Waals surface area contributed by atoms with Crippen LogP contribution in [0.3, 0.4) is 0 Å². The summed E-state index contributed by atoms with van der Waals surface area (Å²) in [6, 6.07) is 16.8. The van der Waals surface area contributed by atoms with Crippen LogP contribution < -0.4 is 10.6 Å². The maximum atomic E-state index is 9.55. The van der Waals surface area contributed by atoms with E-state index < -0.39 is 0 Å². The fourth-order valence-electron chi connectivity index (χ4n) is 4.29. The molecular weight excluding hydrogens is 422 g/mol. The third-order valence-corrected chi connectivity index (χ3v) is 5.93. The van der Waals surface area contributed by atoms with Gasteiger partial charge in [0.15, 0.2) is 0 Å². The summed E-state index contributed by atoms with van der Waals surface area (Å²) in [6.07, 6.45) is 2.54. The third-order valence-electron chi connectivity index (χ3n) is 5.63. The summed E-state index contributed by atoms with van der Waals surface area (Å²) in [5.41, 5.74) is 4.33. The normalized spacial score (nSPS) is 19.1. The SMILES string of the molecule is CC1CN(Cc2cccc(-c3ccnc(NCCc4ccc(O)c(Cl)c4)n3)c2)CC(C)N1. The lowest BCUT2D eigenvalue weighted by Crippen LogP contribution is -2.53. The molecule has 32 heavy (non-hydrogen) atoms. The van der Waals surface area contributed by atoms with Gasteiger partial charge in [0.25, 0.3) is 0 Å². The zero-order chi connectivity index (χ0) is 22.5. The molecule has 0 spiro atoms. The van der Waals surface area contributed by atoms with E-state index in [1.165, 1.54) is 5.56 Å². The number of anilines is 1. The second-order valence-electron chi connectivity index (χ2n) is 8.59. The molecule has 2 atom stereocenters. The molecule has 1 aliphatic rings. The van der Waals surface area contributed by atoms with Crippen molar-refractivity contribution in [3.8, 4) is 17.0 Å². The van der Waals surface area contributed by atoms with Gasteiger partial charge in [0.1, 0.15) is 5.75 Å². The highest BCUT2D eigenvalue weighted by Crippen LogP contribution is 2.24. The summed E-state index contributed by atoms with van der Waals surface area (Å²) in [7, 11) is 0. The van der Waals surface area contributed by atoms with Crippen LogP contribution in [0.5, 0.6) is 5.75 Å². The molecule has 0 saturated carbocycles. The molecule has 4 rings (SSSR count). The smallest absolute Gasteiger partial charge is 0.223 e. The molecule has 2 heterocycles. The van der Waals surface area contributed by atoms with Crippen LogP contribution in [-0.4, -0.2) is 51.7 Å². The van der Waals surface area contributed by atoms with E-state index in [9.17, 15) is 5.11 Å². The molecule has 6 nitrogen and oxygen atoms in total. The first kappa shape index (κ1) is 22.5. The van der Waals surface area contributed by atoms with Gasteiger partial charge in [-0.2, -0.15) is 0 Å². The quantitative estimate of drug-likeness (QED) is 0.496. The Bertz CT molecular complexity index is 1050. The second-order valence-corrected chi connectivity index (χ2v) is 9.00. The first-order valence-corrected chi connectivity index (χ1v) is 11.5. The molecule has 1 aromatic heterocycles. The van der Waals surface area contributed by atoms with Crippen LogP contribution in [0.2, 0.25) is 5.02 Å². The van der Waals surface area contributed by atoms with Gasteiger partial charge >= 0.3 is 0 Å². The average molecular weight is 452 g/mol. The number of phenols is 1. The molecule has 0 aliphatic carbocycles. The van der Waals surface area contributed by atoms with Crippen LogP contribution in [-0.2, 0) is 13.0 Å². The van der Waals surface area contributed by atoms with E-state index in [4.69, 9.17) is 16.6 Å². The topological polar surface area (TPSA) is 73.3 Å². The number of hydrogen-bond acceptors (Lipinski definition) is 6. The molecule has 3 N–H and O–H groups in total. The maximum absolute atomic E-state index is 9.55. The largest absolute Gasteiger partial charge is 0.506 e. The number of rotatable bonds is 7. The number of nitrogens with zero attached hydrogens (tertiary/aromatic N) is 3. The number of halogens is 1. The first-order valence-electron chi connectivity index (χ1n) is 11.1. The molecule has 1 fully saturated rings. The van der Waals surface area contributed by atoms with Crippen LogP contribution in [0, 0.1) is 0 Å². The van der Waals surface area contributed by atoms with Gasteiger partial charge in [0.2, 0.25) is 5.95 Å². The lowest BCUT2D eigenvalue weighted by atomic mass is 10.1. The van der Waals surface area contributed by atoms with Gasteiger partial charge in [-0.25, -0.2) is 9.97 Å². The van der Waals surface area contributed by atoms with Crippen molar-refractivity contribution in [2.75, 3.05) is 25.0 Å². The average Bonchev–Trinajstić information content (AvgIpc) is 2.76. The van der Waals surface area contributed by atoms with Crippen molar-refractivity contribution >= 4 is 17.5 Å². The van der Waals surface area contributed by atoms with Crippen molar-refractivity contribution in [3.63, 3.8) is 0 Å². The number of aromatic hydroxyl groups is 1. The van der Waals surface area contributed by atoms with Crippen LogP contribution in [0.1, 0.15) is 25.0 Å². The molecule has 0 bridgehead atoms. The fourth-order valence-corrected chi connectivity index (χ4v) is 4.49. The highest BCUT2D eigenvalue weighted by Gasteiger charge is 2.20. The van der Waals surface area contributed by atoms with Gasteiger partial charge in [-0.3, -0.25) is 4.90 Å². The summed E-state index contributed by atoms with van der Waals surface area (Å²) in [4.78, 5) is 11.6. The molecule has 7 heteroatoms. The van der Waals surface area contributed by atoms with E-state index in [0.717, 1.165) is 42.9 Å². The Morgan fingerprint density at radius 2 is 1.91 bits per heavy atom. The minimum Gasteiger partial charge on any atom is -0.506 e. The van der Waals surface area contributed by atoms with E-state index >= 15 is 0 Å². The molecule has 1 aliphatic heterocycles. The molecule has 1 saturated heterocycles. The van der Waals surface area contributed by atoms with E-state index in [-0.39, 0.29) is 5.75 Å². The summed E-state index contributed by atoms with van der Waals surface area (Å²) in [5, 5.41) is 16.8. The molecule has 2 aromatic carbocycles. The van der Waals surface area contributed by atoms with Crippen LogP contribution in [0.25, 0.3) is 11.3 Å². The van der Waals surface area contributed by atoms with Crippen molar-refractivity contribution in [3.05, 3.63) is 70.9 Å². The van der Waals surface area contributed by atoms with E-state index in [1.54, 1.807) is 18.3 Å². The molecule has 0 amide bonds. The summed E-state index contributed by atoms with van der Waals surface area (Å²) >= 11 is 5.99. The predicted octanol–water partition coefficient (Wildman–Crippen LogP) is 4.34. The van der Waals surface area contributed by atoms with Gasteiger partial charge in [-0.05, 0) is 55.7 Å². The number of nitrogens with one attached hydrogen (secondary N) is 2. The summed E-state index contributed by atoms with van der Waals surface area (Å²) in [5.74, 6) is 0.699. The first-order chi connectivity index (χ1) is 15.5. The van der Waals surface area contributed by atoms with Crippen molar-refractivity contribution in [1.29, 1.82) is 0 Å². The number of piperazine rings is 1. The lowest BCUT2D eigenvalue weighted by molar-refractivity contribution is 0.166. The van der Waals surface area contributed by atoms with Gasteiger partial charge < -0.3 is 15.7 Å². The number of hydrogen-bond donors (Lipinski definition) is 3. The fraction of sp³-hybridized carbons (Fsp3) is 0.360. The monoisotopic (exact) mass is 451 g/mol. The van der Waals surface area contributed by atoms with E-state index in [0.29, 0.717) is 29.6 Å². The number of phenolic OH excluding ortho intramolecular Hbond substituents is 1. The van der Waals surface area contributed by atoms with Crippen molar-refractivity contribution in [2.45, 2.75) is 38.9 Å². The number of aromatic nitrogens is 2. The number of benzene rings is 2. The van der Waals surface area contributed by atoms with Gasteiger partial charge in [0, 0.05) is 50.0 Å². The molecule has 0 radical (unpaired) electrons. The van der Waals surface area contributed by atoms with E-state index in [1.807, 2.05) is 12.1 Å². The third kappa shape index (κ3) is 5.97. The van der Waals surface area contributed by atoms with Gasteiger partial charge in [-0.15, -0.1) is 0 Å². The summed E-state index contributed by atoms with van der Waals surface area (Å²) < 4.78 is 0. The summed E-state index contributed by atoms with van der Waals surface area (Å²) in [6.45, 7) is 8.21. The lowest BCUT2D eigenvalue weighted by Gasteiger charge is -2.36. The Hall–Kier alpha value is -2.67. The maximum Gasteiger partial charge on any atom is 0.223 e. The van der Waals surface area contributed by atoms with E-state index in [2.05, 4.69) is 58.6 Å². The Morgan fingerprint density at radius 1 is 1.09 bits per heavy atom. The van der Waals surface area contributed by atoms with Crippen LogP contribution in [0.4, 0.5) is 5.95 Å². The molecular formula is C25H30ClN5O. The van der Waals surface area contributed by atoms with Crippen molar-refractivity contribution in [1.82, 2.24) is 20.2 Å².